The second-order valence-electron chi connectivity index (χ2n) is 3.33. The number of phenols is 1. The van der Waals surface area contributed by atoms with Crippen molar-refractivity contribution >= 4 is 0 Å². The summed E-state index contributed by atoms with van der Waals surface area (Å²) in [5, 5.41) is 9.12. The van der Waals surface area contributed by atoms with Gasteiger partial charge in [-0.25, -0.2) is 0 Å². The average molecular weight is 192 g/mol. The fourth-order valence-electron chi connectivity index (χ4n) is 1.45. The molecule has 0 aromatic heterocycles. The Morgan fingerprint density at radius 1 is 0.800 bits per heavy atom. The van der Waals surface area contributed by atoms with Crippen LogP contribution in [0.1, 0.15) is 12.6 Å². The van der Waals surface area contributed by atoms with E-state index in [2.05, 4.69) is 12.1 Å². The van der Waals surface area contributed by atoms with Gasteiger partial charge in [0, 0.05) is 0 Å². The van der Waals surface area contributed by atoms with E-state index in [1.165, 1.54) is 11.1 Å². The molecule has 2 rings (SSSR count). The normalized spacial score (nSPS) is 9.33. The summed E-state index contributed by atoms with van der Waals surface area (Å²) in [6.07, 6.45) is 0.918. The first-order valence-electron chi connectivity index (χ1n) is 4.66. The van der Waals surface area contributed by atoms with Crippen LogP contribution in [-0.2, 0) is 6.42 Å². The van der Waals surface area contributed by atoms with E-state index in [-0.39, 0.29) is 20.3 Å². The van der Waals surface area contributed by atoms with Gasteiger partial charge in [0.25, 0.3) is 0 Å². The molecule has 0 unspecified atom stereocenters. The number of rotatable bonds is 2. The van der Waals surface area contributed by atoms with Crippen molar-refractivity contribution in [2.75, 3.05) is 0 Å². The van der Waals surface area contributed by atoms with Crippen LogP contribution in [0.3, 0.4) is 0 Å². The Kier molecular flexibility index (Phi) is 4.49. The van der Waals surface area contributed by atoms with E-state index in [1.807, 2.05) is 30.3 Å². The van der Waals surface area contributed by atoms with E-state index in [0.717, 1.165) is 6.42 Å². The van der Waals surface area contributed by atoms with Crippen LogP contribution in [0, 0.1) is 0 Å². The molecule has 0 aliphatic rings. The van der Waals surface area contributed by atoms with Crippen molar-refractivity contribution in [3.8, 4) is 5.75 Å². The summed E-state index contributed by atoms with van der Waals surface area (Å²) in [7, 11) is 0. The van der Waals surface area contributed by atoms with Gasteiger partial charge in [-0.2, -0.15) is 0 Å². The van der Waals surface area contributed by atoms with Gasteiger partial charge in [-0.05, 0) is 29.7 Å². The Bertz CT molecular complexity index is 400. The van der Waals surface area contributed by atoms with Gasteiger partial charge in [-0.1, -0.05) is 42.5 Å². The monoisotopic (exact) mass is 192 g/mol. The number of phenolic OH excluding ortho intramolecular Hbond substituents is 1. The van der Waals surface area contributed by atoms with E-state index in [4.69, 9.17) is 5.11 Å². The average Bonchev–Trinajstić information content (AvgIpc) is 2.23. The summed E-state index contributed by atoms with van der Waals surface area (Å²) in [6, 6.07) is 17.6. The first-order chi connectivity index (χ1) is 6.84. The second-order valence-corrected chi connectivity index (χ2v) is 3.33. The van der Waals surface area contributed by atoms with Crippen molar-refractivity contribution in [3.05, 3.63) is 65.7 Å². The van der Waals surface area contributed by atoms with Gasteiger partial charge < -0.3 is 6.53 Å². The molecule has 0 fully saturated rings. The Hall–Kier alpha value is -1.16. The first kappa shape index (κ1) is 11.9. The van der Waals surface area contributed by atoms with E-state index in [1.54, 1.807) is 12.1 Å². The zero-order chi connectivity index (χ0) is 9.80. The molecule has 2 heteroatoms. The van der Waals surface area contributed by atoms with Gasteiger partial charge >= 0.3 is 18.9 Å². The third kappa shape index (κ3) is 3.47. The van der Waals surface area contributed by atoms with Crippen molar-refractivity contribution < 1.29 is 25.4 Å². The van der Waals surface area contributed by atoms with Crippen LogP contribution in [0.2, 0.25) is 0 Å². The molecule has 0 aliphatic heterocycles. The smallest absolute Gasteiger partial charge is 1.00 e. The van der Waals surface area contributed by atoms with Crippen molar-refractivity contribution in [2.45, 2.75) is 6.42 Å². The summed E-state index contributed by atoms with van der Waals surface area (Å²) in [6.45, 7) is 0. The first-order valence-corrected chi connectivity index (χ1v) is 4.66. The number of hydrogen-bond donors (Lipinski definition) is 1. The molecule has 2 aromatic rings. The quantitative estimate of drug-likeness (QED) is 0.669. The molecule has 0 atom stereocenters. The molecular formula is C13H13LiO. The molecule has 2 aromatic carbocycles. The fourth-order valence-corrected chi connectivity index (χ4v) is 1.45. The molecular weight excluding hydrogens is 179 g/mol. The van der Waals surface area contributed by atoms with Gasteiger partial charge in [-0.15, -0.1) is 0 Å². The van der Waals surface area contributed by atoms with Crippen molar-refractivity contribution in [1.82, 2.24) is 0 Å². The summed E-state index contributed by atoms with van der Waals surface area (Å²) in [5.74, 6) is 0.321. The number of aromatic hydroxyl groups is 1. The van der Waals surface area contributed by atoms with Gasteiger partial charge in [-0.3, -0.25) is 0 Å². The standard InChI is InChI=1S/C13H12O.Li.H/c14-13-8-6-12(7-9-13)10-11-4-2-1-3-5-11;;/h1-9,14H,10H2;;/q;+1;-1. The molecule has 0 radical (unpaired) electrons. The van der Waals surface area contributed by atoms with Crippen LogP contribution in [0.5, 0.6) is 5.75 Å². The van der Waals surface area contributed by atoms with Crippen LogP contribution in [0.4, 0.5) is 0 Å². The zero-order valence-corrected chi connectivity index (χ0v) is 8.85. The molecule has 15 heavy (non-hydrogen) atoms. The molecule has 0 bridgehead atoms. The molecule has 0 aliphatic carbocycles. The van der Waals surface area contributed by atoms with E-state index < -0.39 is 0 Å². The van der Waals surface area contributed by atoms with Gasteiger partial charge in [0.2, 0.25) is 0 Å². The third-order valence-corrected chi connectivity index (χ3v) is 2.19. The summed E-state index contributed by atoms with van der Waals surface area (Å²) in [5.41, 5.74) is 2.51. The summed E-state index contributed by atoms with van der Waals surface area (Å²) < 4.78 is 0. The molecule has 0 saturated carbocycles. The van der Waals surface area contributed by atoms with E-state index in [9.17, 15) is 0 Å². The Morgan fingerprint density at radius 2 is 1.33 bits per heavy atom. The minimum atomic E-state index is 0. The third-order valence-electron chi connectivity index (χ3n) is 2.19. The van der Waals surface area contributed by atoms with Crippen LogP contribution in [-0.4, -0.2) is 5.11 Å². The van der Waals surface area contributed by atoms with Crippen LogP contribution in [0.15, 0.2) is 54.6 Å². The Morgan fingerprint density at radius 3 is 1.93 bits per heavy atom. The second kappa shape index (κ2) is 5.65. The predicted molar refractivity (Wildman–Crippen MR) is 58.5 cm³/mol. The number of hydrogen-bond acceptors (Lipinski definition) is 1. The van der Waals surface area contributed by atoms with Gasteiger partial charge in [0.15, 0.2) is 0 Å². The Balaban J connectivity index is 0.00000112. The zero-order valence-electron chi connectivity index (χ0n) is 9.85. The van der Waals surface area contributed by atoms with Crippen molar-refractivity contribution in [3.63, 3.8) is 0 Å². The van der Waals surface area contributed by atoms with Gasteiger partial charge in [0.05, 0.1) is 0 Å². The maximum atomic E-state index is 9.12. The minimum absolute atomic E-state index is 0. The fraction of sp³-hybridized carbons (Fsp3) is 0.0769. The molecule has 0 spiro atoms. The Labute approximate surface area is 103 Å². The molecule has 0 heterocycles. The van der Waals surface area contributed by atoms with Crippen LogP contribution >= 0.6 is 0 Å². The molecule has 72 valence electrons. The van der Waals surface area contributed by atoms with Crippen molar-refractivity contribution in [2.24, 2.45) is 0 Å². The van der Waals surface area contributed by atoms with E-state index >= 15 is 0 Å². The van der Waals surface area contributed by atoms with Crippen molar-refractivity contribution in [1.29, 1.82) is 0 Å². The van der Waals surface area contributed by atoms with Crippen LogP contribution in [0.25, 0.3) is 0 Å². The minimum Gasteiger partial charge on any atom is -1.00 e. The number of benzene rings is 2. The summed E-state index contributed by atoms with van der Waals surface area (Å²) in [4.78, 5) is 0. The molecule has 0 amide bonds. The maximum Gasteiger partial charge on any atom is 1.00 e. The largest absolute Gasteiger partial charge is 1.00 e. The maximum absolute atomic E-state index is 9.12. The van der Waals surface area contributed by atoms with Gasteiger partial charge in [0.1, 0.15) is 5.75 Å². The van der Waals surface area contributed by atoms with E-state index in [0.29, 0.717) is 5.75 Å². The SMILES string of the molecule is Oc1ccc(Cc2ccccc2)cc1.[H-].[Li+]. The topological polar surface area (TPSA) is 20.2 Å². The molecule has 0 saturated heterocycles. The predicted octanol–water partition coefficient (Wildman–Crippen LogP) is 0.0995. The summed E-state index contributed by atoms with van der Waals surface area (Å²) >= 11 is 0. The molecule has 1 N–H and O–H groups in total. The van der Waals surface area contributed by atoms with Crippen LogP contribution < -0.4 is 18.9 Å². The molecule has 1 nitrogen and oxygen atoms in total.